The van der Waals surface area contributed by atoms with Crippen molar-refractivity contribution in [2.24, 2.45) is 10.6 Å². The number of amides is 2. The number of rotatable bonds is 11. The van der Waals surface area contributed by atoms with Gasteiger partial charge in [-0.2, -0.15) is 9.36 Å². The number of carbonyl (C=O) groups excluding carboxylic acids is 3. The molecule has 3 N–H and O–H groups in total. The Hall–Kier alpha value is -5.08. The lowest BCUT2D eigenvalue weighted by Gasteiger charge is -2.53. The lowest BCUT2D eigenvalue weighted by atomic mass is 9.85. The van der Waals surface area contributed by atoms with E-state index in [0.717, 1.165) is 28.2 Å². The molecule has 2 aliphatic rings. The molecule has 240 valence electrons. The number of pyridine rings is 1. The average molecular weight is 670 g/mol. The summed E-state index contributed by atoms with van der Waals surface area (Å²) in [5.74, 6) is -1.18. The van der Waals surface area contributed by atoms with Gasteiger partial charge in [0.15, 0.2) is 11.2 Å². The van der Waals surface area contributed by atoms with Gasteiger partial charge in [0.25, 0.3) is 5.91 Å². The lowest BCUT2D eigenvalue weighted by molar-refractivity contribution is -0.162. The van der Waals surface area contributed by atoms with Crippen LogP contribution in [0, 0.1) is 5.41 Å². The van der Waals surface area contributed by atoms with Crippen LogP contribution in [0.1, 0.15) is 35.5 Å². The van der Waals surface area contributed by atoms with E-state index in [1.165, 1.54) is 11.8 Å². The fraction of sp³-hybridized carbons (Fsp3) is 0.242. The van der Waals surface area contributed by atoms with Crippen molar-refractivity contribution >= 4 is 58.0 Å². The number of nitrogen functional groups attached to an aromatic ring is 1. The van der Waals surface area contributed by atoms with E-state index in [4.69, 9.17) is 15.3 Å². The molecule has 6 rings (SSSR count). The molecule has 2 aromatic heterocycles. The smallest absolute Gasteiger partial charge is 0.319 e. The number of ether oxygens (including phenoxy) is 1. The average Bonchev–Trinajstić information content (AvgIpc) is 3.55. The van der Waals surface area contributed by atoms with Gasteiger partial charge in [-0.15, -0.1) is 11.8 Å². The van der Waals surface area contributed by atoms with E-state index in [0.29, 0.717) is 5.75 Å². The predicted octanol–water partition coefficient (Wildman–Crippen LogP) is 3.69. The summed E-state index contributed by atoms with van der Waals surface area (Å²) in [4.78, 5) is 56.0. The summed E-state index contributed by atoms with van der Waals surface area (Å²) in [6.45, 7) is 1.99. The zero-order valence-corrected chi connectivity index (χ0v) is 26.9. The first-order chi connectivity index (χ1) is 22.9. The van der Waals surface area contributed by atoms with Crippen molar-refractivity contribution in [3.63, 3.8) is 0 Å². The Morgan fingerprint density at radius 2 is 1.85 bits per heavy atom. The quantitative estimate of drug-likeness (QED) is 0.104. The van der Waals surface area contributed by atoms with Gasteiger partial charge in [-0.3, -0.25) is 19.4 Å². The molecule has 0 saturated carbocycles. The van der Waals surface area contributed by atoms with Crippen molar-refractivity contribution in [2.45, 2.75) is 24.4 Å². The number of β-lactam (4-membered cyclic amide) rings is 1. The molecule has 2 fully saturated rings. The number of carbonyl (C=O) groups is 3. The number of nitrogens with zero attached hydrogens (tertiary/aromatic N) is 5. The van der Waals surface area contributed by atoms with Crippen LogP contribution in [-0.4, -0.2) is 73.1 Å². The standard InChI is InChI=1S/C33H31N7O5S2/c1-2-44-38-24(27-37-32(34)47-39-27)28(41)36-25-29(42)40-19-33(20-46-30(25)40,16-15-21-10-9-17-35-18-21)31(43)45-26(22-11-5-3-6-12-22)23-13-7-4-8-14-23/h3-18,25-26,30H,2,19-20H2,1H3,(H,36,41)(H2,34,37,39)/t25?,30-,33?/m1/s1. The van der Waals surface area contributed by atoms with Gasteiger partial charge < -0.3 is 25.5 Å². The largest absolute Gasteiger partial charge is 0.452 e. The molecule has 2 unspecified atom stereocenters. The Morgan fingerprint density at radius 1 is 1.13 bits per heavy atom. The van der Waals surface area contributed by atoms with E-state index in [1.807, 2.05) is 78.9 Å². The fourth-order valence-electron chi connectivity index (χ4n) is 5.28. The number of esters is 1. The maximum atomic E-state index is 14.3. The number of nitrogens with one attached hydrogen (secondary N) is 1. The summed E-state index contributed by atoms with van der Waals surface area (Å²) in [5, 5.41) is 6.36. The van der Waals surface area contributed by atoms with Crippen LogP contribution in [0.4, 0.5) is 5.13 Å². The third-order valence-electron chi connectivity index (χ3n) is 7.66. The van der Waals surface area contributed by atoms with E-state index in [1.54, 1.807) is 30.3 Å². The Kier molecular flexibility index (Phi) is 9.59. The molecule has 4 heterocycles. The molecule has 47 heavy (non-hydrogen) atoms. The van der Waals surface area contributed by atoms with Gasteiger partial charge in [-0.05, 0) is 29.7 Å². The van der Waals surface area contributed by atoms with Crippen LogP contribution in [0.5, 0.6) is 0 Å². The molecule has 12 nitrogen and oxygen atoms in total. The molecule has 0 bridgehead atoms. The van der Waals surface area contributed by atoms with Crippen molar-refractivity contribution in [2.75, 3.05) is 24.6 Å². The Balaban J connectivity index is 1.25. The maximum Gasteiger partial charge on any atom is 0.319 e. The number of fused-ring (bicyclic) bond motifs is 1. The minimum atomic E-state index is -1.19. The lowest BCUT2D eigenvalue weighted by Crippen LogP contribution is -2.74. The van der Waals surface area contributed by atoms with Crippen LogP contribution in [-0.2, 0) is 24.0 Å². The second-order valence-corrected chi connectivity index (χ2v) is 12.7. The van der Waals surface area contributed by atoms with Crippen LogP contribution in [0.25, 0.3) is 6.08 Å². The highest BCUT2D eigenvalue weighted by Crippen LogP contribution is 2.45. The molecule has 2 aromatic carbocycles. The molecule has 0 spiro atoms. The molecule has 14 heteroatoms. The molecule has 2 aliphatic heterocycles. The monoisotopic (exact) mass is 669 g/mol. The van der Waals surface area contributed by atoms with Gasteiger partial charge in [0.05, 0.1) is 0 Å². The first kappa shape index (κ1) is 31.9. The van der Waals surface area contributed by atoms with Gasteiger partial charge in [0, 0.05) is 36.2 Å². The fourth-order valence-corrected chi connectivity index (χ4v) is 7.22. The SMILES string of the molecule is CCON=C(C(=O)NC1C(=O)N2CC(C=Cc3cccnc3)(C(=O)OC(c3ccccc3)c3ccccc3)CS[C@H]12)c1nsc(N)n1. The van der Waals surface area contributed by atoms with Gasteiger partial charge in [0.2, 0.25) is 17.4 Å². The van der Waals surface area contributed by atoms with Crippen molar-refractivity contribution in [1.29, 1.82) is 0 Å². The van der Waals surface area contributed by atoms with Crippen molar-refractivity contribution in [3.05, 3.63) is 114 Å². The third kappa shape index (κ3) is 6.88. The number of hydrogen-bond acceptors (Lipinski definition) is 12. The highest BCUT2D eigenvalue weighted by Gasteiger charge is 2.57. The normalized spacial score (nSPS) is 20.9. The summed E-state index contributed by atoms with van der Waals surface area (Å²) in [5.41, 5.74) is 6.78. The van der Waals surface area contributed by atoms with Gasteiger partial charge in [-0.1, -0.05) is 84.0 Å². The minimum Gasteiger partial charge on any atom is -0.452 e. The Morgan fingerprint density at radius 3 is 2.47 bits per heavy atom. The van der Waals surface area contributed by atoms with Gasteiger partial charge >= 0.3 is 5.97 Å². The maximum absolute atomic E-state index is 14.3. The topological polar surface area (TPSA) is 162 Å². The van der Waals surface area contributed by atoms with E-state index >= 15 is 0 Å². The number of oxime groups is 1. The van der Waals surface area contributed by atoms with E-state index in [-0.39, 0.29) is 35.7 Å². The number of hydrogen-bond donors (Lipinski definition) is 2. The molecule has 2 amide bonds. The van der Waals surface area contributed by atoms with E-state index in [9.17, 15) is 14.4 Å². The zero-order valence-electron chi connectivity index (χ0n) is 25.3. The Labute approximate surface area is 279 Å². The molecule has 0 aliphatic carbocycles. The first-order valence-electron chi connectivity index (χ1n) is 14.8. The minimum absolute atomic E-state index is 0.00654. The van der Waals surface area contributed by atoms with Crippen LogP contribution < -0.4 is 11.1 Å². The van der Waals surface area contributed by atoms with Crippen LogP contribution in [0.15, 0.2) is 96.4 Å². The summed E-state index contributed by atoms with van der Waals surface area (Å²) < 4.78 is 10.4. The molecule has 4 aromatic rings. The first-order valence-corrected chi connectivity index (χ1v) is 16.6. The third-order valence-corrected chi connectivity index (χ3v) is 9.75. The highest BCUT2D eigenvalue weighted by molar-refractivity contribution is 8.00. The summed E-state index contributed by atoms with van der Waals surface area (Å²) in [6, 6.07) is 21.9. The molecule has 0 radical (unpaired) electrons. The van der Waals surface area contributed by atoms with E-state index < -0.39 is 34.8 Å². The number of thioether (sulfide) groups is 1. The number of nitrogens with two attached hydrogens (primary N) is 1. The van der Waals surface area contributed by atoms with Crippen molar-refractivity contribution in [1.82, 2.24) is 24.6 Å². The Bertz CT molecular complexity index is 1750. The number of benzene rings is 2. The zero-order chi connectivity index (χ0) is 32.8. The van der Waals surface area contributed by atoms with Crippen LogP contribution in [0.3, 0.4) is 0 Å². The summed E-state index contributed by atoms with van der Waals surface area (Å²) >= 11 is 2.30. The predicted molar refractivity (Wildman–Crippen MR) is 179 cm³/mol. The van der Waals surface area contributed by atoms with Crippen molar-refractivity contribution < 1.29 is 24.0 Å². The molecule has 3 atom stereocenters. The second-order valence-electron chi connectivity index (χ2n) is 10.8. The number of anilines is 1. The van der Waals surface area contributed by atoms with Gasteiger partial charge in [-0.25, -0.2) is 0 Å². The molecule has 2 saturated heterocycles. The number of aromatic nitrogens is 3. The van der Waals surface area contributed by atoms with Crippen LogP contribution in [0.2, 0.25) is 0 Å². The van der Waals surface area contributed by atoms with Crippen LogP contribution >= 0.6 is 23.3 Å². The van der Waals surface area contributed by atoms with Crippen molar-refractivity contribution in [3.8, 4) is 0 Å². The second kappa shape index (κ2) is 14.1. The molecular formula is C33H31N7O5S2. The highest BCUT2D eigenvalue weighted by atomic mass is 32.2. The molecular weight excluding hydrogens is 639 g/mol. The van der Waals surface area contributed by atoms with E-state index in [2.05, 4.69) is 24.8 Å². The summed E-state index contributed by atoms with van der Waals surface area (Å²) in [6.07, 6.45) is 6.32. The summed E-state index contributed by atoms with van der Waals surface area (Å²) in [7, 11) is 0. The van der Waals surface area contributed by atoms with Gasteiger partial charge in [0.1, 0.15) is 23.4 Å².